The Kier molecular flexibility index (Phi) is 3.46. The maximum absolute atomic E-state index is 12.7. The van der Waals surface area contributed by atoms with Gasteiger partial charge in [-0.25, -0.2) is 0 Å². The largest absolute Gasteiger partial charge is 0.421 e. The third-order valence-corrected chi connectivity index (χ3v) is 5.11. The Balaban J connectivity index is 1.91. The fraction of sp³-hybridized carbons (Fsp3) is 0.800. The molecular formula is C15H21N3O3. The molecular weight excluding hydrogens is 270 g/mol. The fourth-order valence-corrected chi connectivity index (χ4v) is 3.54. The molecule has 0 unspecified atom stereocenters. The van der Waals surface area contributed by atoms with Crippen molar-refractivity contribution in [2.45, 2.75) is 57.6 Å². The molecule has 3 aliphatic rings. The van der Waals surface area contributed by atoms with Gasteiger partial charge in [-0.2, -0.15) is 4.79 Å². The third-order valence-electron chi connectivity index (χ3n) is 5.11. The van der Waals surface area contributed by atoms with E-state index in [1.807, 2.05) is 0 Å². The maximum atomic E-state index is 12.7. The molecule has 0 aromatic rings. The number of rotatable bonds is 2. The lowest BCUT2D eigenvalue weighted by atomic mass is 9.86. The van der Waals surface area contributed by atoms with Crippen molar-refractivity contribution in [2.75, 3.05) is 13.2 Å². The number of amides is 1. The van der Waals surface area contributed by atoms with Crippen LogP contribution < -0.4 is 0 Å². The van der Waals surface area contributed by atoms with Gasteiger partial charge in [-0.15, -0.1) is 0 Å². The van der Waals surface area contributed by atoms with E-state index in [0.29, 0.717) is 13.2 Å². The normalized spacial score (nSPS) is 25.5. The van der Waals surface area contributed by atoms with Crippen molar-refractivity contribution >= 4 is 17.4 Å². The lowest BCUT2D eigenvalue weighted by Crippen LogP contribution is -2.62. The zero-order valence-electron chi connectivity index (χ0n) is 12.4. The molecule has 1 aliphatic heterocycles. The van der Waals surface area contributed by atoms with Crippen molar-refractivity contribution in [2.24, 2.45) is 5.41 Å². The summed E-state index contributed by atoms with van der Waals surface area (Å²) in [6.45, 7) is 2.55. The van der Waals surface area contributed by atoms with Gasteiger partial charge in [0.1, 0.15) is 5.72 Å². The minimum Gasteiger partial charge on any atom is -0.360 e. The van der Waals surface area contributed by atoms with E-state index in [2.05, 4.69) is 4.79 Å². The van der Waals surface area contributed by atoms with Crippen molar-refractivity contribution in [1.82, 2.24) is 4.90 Å². The minimum absolute atomic E-state index is 0.0652. The summed E-state index contributed by atoms with van der Waals surface area (Å²) in [7, 11) is 0. The molecule has 1 amide bonds. The molecule has 1 saturated heterocycles. The van der Waals surface area contributed by atoms with Gasteiger partial charge in [0, 0.05) is 18.9 Å². The first kappa shape index (κ1) is 14.4. The van der Waals surface area contributed by atoms with Gasteiger partial charge in [-0.05, 0) is 38.5 Å². The Labute approximate surface area is 124 Å². The molecule has 6 nitrogen and oxygen atoms in total. The predicted octanol–water partition coefficient (Wildman–Crippen LogP) is 1.55. The highest BCUT2D eigenvalue weighted by Gasteiger charge is 2.57. The number of hydrogen-bond donors (Lipinski definition) is 0. The molecule has 1 heterocycles. The summed E-state index contributed by atoms with van der Waals surface area (Å²) in [5.41, 5.74) is 8.08. The van der Waals surface area contributed by atoms with Gasteiger partial charge < -0.3 is 15.2 Å². The van der Waals surface area contributed by atoms with Gasteiger partial charge in [0.2, 0.25) is 5.78 Å². The summed E-state index contributed by atoms with van der Waals surface area (Å²) in [4.78, 5) is 28.8. The highest BCUT2D eigenvalue weighted by atomic mass is 16.5. The monoisotopic (exact) mass is 291 g/mol. The number of hydrogen-bond acceptors (Lipinski definition) is 3. The molecule has 0 N–H and O–H groups in total. The van der Waals surface area contributed by atoms with Crippen LogP contribution in [0.1, 0.15) is 51.9 Å². The number of carbonyl (C=O) groups is 2. The van der Waals surface area contributed by atoms with Crippen LogP contribution in [0.2, 0.25) is 0 Å². The molecule has 0 atom stereocenters. The van der Waals surface area contributed by atoms with E-state index in [1.54, 1.807) is 4.90 Å². The molecule has 0 aromatic carbocycles. The average Bonchev–Trinajstić information content (AvgIpc) is 3.23. The van der Waals surface area contributed by atoms with E-state index in [-0.39, 0.29) is 11.1 Å². The molecule has 2 spiro atoms. The second-order valence-corrected chi connectivity index (χ2v) is 6.69. The molecule has 3 rings (SSSR count). The Morgan fingerprint density at radius 1 is 1.14 bits per heavy atom. The molecule has 0 aromatic heterocycles. The quantitative estimate of drug-likeness (QED) is 0.335. The first-order chi connectivity index (χ1) is 10.0. The standard InChI is InChI=1S/C15H21N3O3/c1-11(19)12(17-16)13(20)18-9-14(7-8-14)10-21-15(18)5-3-2-4-6-15/h2-10H2,1H3. The number of Topliss-reactive ketones (excluding diaryl/α,β-unsaturated/α-hetero) is 1. The van der Waals surface area contributed by atoms with Crippen LogP contribution in [0.15, 0.2) is 0 Å². The van der Waals surface area contributed by atoms with Crippen molar-refractivity contribution < 1.29 is 19.1 Å². The van der Waals surface area contributed by atoms with Crippen LogP contribution in [0.25, 0.3) is 5.53 Å². The van der Waals surface area contributed by atoms with Gasteiger partial charge in [0.25, 0.3) is 0 Å². The lowest BCUT2D eigenvalue weighted by molar-refractivity contribution is -0.221. The second kappa shape index (κ2) is 5.04. The Morgan fingerprint density at radius 2 is 1.81 bits per heavy atom. The molecule has 21 heavy (non-hydrogen) atoms. The topological polar surface area (TPSA) is 83.0 Å². The first-order valence-corrected chi connectivity index (χ1v) is 7.71. The van der Waals surface area contributed by atoms with E-state index in [1.165, 1.54) is 6.92 Å². The maximum Gasteiger partial charge on any atom is 0.421 e. The zero-order chi connectivity index (χ0) is 15.1. The van der Waals surface area contributed by atoms with Crippen LogP contribution in [0.4, 0.5) is 0 Å². The third kappa shape index (κ3) is 2.43. The SMILES string of the molecule is CC(=O)C(=[N+]=[N-])C(=O)N1CC2(CC2)COC12CCCCC2. The molecule has 114 valence electrons. The van der Waals surface area contributed by atoms with Crippen molar-refractivity contribution in [1.29, 1.82) is 0 Å². The summed E-state index contributed by atoms with van der Waals surface area (Å²) in [5.74, 6) is -0.998. The van der Waals surface area contributed by atoms with Gasteiger partial charge >= 0.3 is 11.6 Å². The van der Waals surface area contributed by atoms with Crippen molar-refractivity contribution in [3.63, 3.8) is 0 Å². The van der Waals surface area contributed by atoms with E-state index in [0.717, 1.165) is 44.9 Å². The molecule has 6 heteroatoms. The molecule has 0 bridgehead atoms. The summed E-state index contributed by atoms with van der Waals surface area (Å²) < 4.78 is 6.15. The number of carbonyl (C=O) groups excluding carboxylic acids is 2. The van der Waals surface area contributed by atoms with Crippen LogP contribution in [0.5, 0.6) is 0 Å². The Bertz CT molecular complexity index is 526. The summed E-state index contributed by atoms with van der Waals surface area (Å²) in [6, 6.07) is 0. The lowest BCUT2D eigenvalue weighted by Gasteiger charge is -2.50. The average molecular weight is 291 g/mol. The summed E-state index contributed by atoms with van der Waals surface area (Å²) >= 11 is 0. The van der Waals surface area contributed by atoms with E-state index in [4.69, 9.17) is 10.3 Å². The van der Waals surface area contributed by atoms with Crippen LogP contribution >= 0.6 is 0 Å². The Morgan fingerprint density at radius 3 is 2.33 bits per heavy atom. The van der Waals surface area contributed by atoms with Crippen LogP contribution in [0.3, 0.4) is 0 Å². The van der Waals surface area contributed by atoms with Gasteiger partial charge in [-0.1, -0.05) is 6.42 Å². The molecule has 3 fully saturated rings. The van der Waals surface area contributed by atoms with Crippen LogP contribution in [0, 0.1) is 5.41 Å². The van der Waals surface area contributed by atoms with Gasteiger partial charge in [0.15, 0.2) is 0 Å². The molecule has 2 aliphatic carbocycles. The van der Waals surface area contributed by atoms with Crippen LogP contribution in [-0.4, -0.2) is 46.0 Å². The van der Waals surface area contributed by atoms with Gasteiger partial charge in [0.05, 0.1) is 6.61 Å². The molecule has 0 radical (unpaired) electrons. The predicted molar refractivity (Wildman–Crippen MR) is 74.5 cm³/mol. The van der Waals surface area contributed by atoms with E-state index >= 15 is 0 Å². The summed E-state index contributed by atoms with van der Waals surface area (Å²) in [5, 5.41) is 0. The zero-order valence-corrected chi connectivity index (χ0v) is 12.4. The fourth-order valence-electron chi connectivity index (χ4n) is 3.54. The summed E-state index contributed by atoms with van der Waals surface area (Å²) in [6.07, 6.45) is 6.88. The van der Waals surface area contributed by atoms with Crippen molar-refractivity contribution in [3.8, 4) is 0 Å². The number of ketones is 1. The Hall–Kier alpha value is -1.52. The smallest absolute Gasteiger partial charge is 0.360 e. The minimum atomic E-state index is -0.603. The first-order valence-electron chi connectivity index (χ1n) is 7.71. The van der Waals surface area contributed by atoms with Crippen LogP contribution in [-0.2, 0) is 14.3 Å². The highest BCUT2D eigenvalue weighted by Crippen LogP contribution is 2.53. The van der Waals surface area contributed by atoms with E-state index < -0.39 is 17.4 Å². The number of nitrogens with zero attached hydrogens (tertiary/aromatic N) is 3. The number of ether oxygens (including phenoxy) is 1. The van der Waals surface area contributed by atoms with Crippen molar-refractivity contribution in [3.05, 3.63) is 5.53 Å². The molecule has 2 saturated carbocycles. The van der Waals surface area contributed by atoms with Gasteiger partial charge in [-0.3, -0.25) is 9.59 Å². The van der Waals surface area contributed by atoms with E-state index in [9.17, 15) is 9.59 Å². The highest BCUT2D eigenvalue weighted by molar-refractivity contribution is 6.63. The second-order valence-electron chi connectivity index (χ2n) is 6.69.